The Morgan fingerprint density at radius 1 is 1.00 bits per heavy atom. The van der Waals surface area contributed by atoms with E-state index in [0.29, 0.717) is 35.7 Å². The molecule has 3 rings (SSSR count). The molecule has 0 unspecified atom stereocenters. The standard InChI is InChI=1S/C22H20ClN3O2/c23-20-9-2-1-6-17(20)10-11-21(27)25-14-16-5-3-8-19(13-16)26-22(28)18-7-4-12-24-15-18/h1-9,12-13,15H,10-11,14H2,(H,25,27)(H,26,28). The molecule has 1 aromatic heterocycles. The number of benzene rings is 2. The van der Waals surface area contributed by atoms with Gasteiger partial charge >= 0.3 is 0 Å². The van der Waals surface area contributed by atoms with E-state index in [1.807, 2.05) is 42.5 Å². The zero-order chi connectivity index (χ0) is 19.8. The number of nitrogens with zero attached hydrogens (tertiary/aromatic N) is 1. The van der Waals surface area contributed by atoms with Gasteiger partial charge in [0.05, 0.1) is 5.56 Å². The molecule has 0 saturated heterocycles. The predicted octanol–water partition coefficient (Wildman–Crippen LogP) is 4.24. The molecule has 0 spiro atoms. The van der Waals surface area contributed by atoms with Gasteiger partial charge in [-0.15, -0.1) is 0 Å². The van der Waals surface area contributed by atoms with Crippen LogP contribution in [0.3, 0.4) is 0 Å². The summed E-state index contributed by atoms with van der Waals surface area (Å²) in [5.74, 6) is -0.279. The number of hydrogen-bond donors (Lipinski definition) is 2. The van der Waals surface area contributed by atoms with E-state index in [9.17, 15) is 9.59 Å². The number of aromatic nitrogens is 1. The Hall–Kier alpha value is -3.18. The van der Waals surface area contributed by atoms with Crippen molar-refractivity contribution in [2.24, 2.45) is 0 Å². The summed E-state index contributed by atoms with van der Waals surface area (Å²) in [6.45, 7) is 0.387. The summed E-state index contributed by atoms with van der Waals surface area (Å²) < 4.78 is 0. The summed E-state index contributed by atoms with van der Waals surface area (Å²) in [6, 6.07) is 18.3. The van der Waals surface area contributed by atoms with Crippen LogP contribution in [0.15, 0.2) is 73.1 Å². The second-order valence-corrected chi connectivity index (χ2v) is 6.67. The molecule has 6 heteroatoms. The van der Waals surface area contributed by atoms with Gasteiger partial charge in [-0.3, -0.25) is 14.6 Å². The van der Waals surface area contributed by atoms with Crippen LogP contribution in [0, 0.1) is 0 Å². The number of halogens is 1. The number of nitrogens with one attached hydrogen (secondary N) is 2. The minimum atomic E-state index is -0.228. The minimum absolute atomic E-state index is 0.0512. The van der Waals surface area contributed by atoms with Crippen molar-refractivity contribution in [1.29, 1.82) is 0 Å². The van der Waals surface area contributed by atoms with Gasteiger partial charge in [0.25, 0.3) is 5.91 Å². The molecular formula is C22H20ClN3O2. The molecule has 0 bridgehead atoms. The van der Waals surface area contributed by atoms with Crippen LogP contribution < -0.4 is 10.6 Å². The van der Waals surface area contributed by atoms with Crippen LogP contribution in [0.5, 0.6) is 0 Å². The van der Waals surface area contributed by atoms with E-state index in [1.54, 1.807) is 24.4 Å². The number of anilines is 1. The normalized spacial score (nSPS) is 10.3. The number of carbonyl (C=O) groups excluding carboxylic acids is 2. The summed E-state index contributed by atoms with van der Waals surface area (Å²) in [6.07, 6.45) is 4.08. The van der Waals surface area contributed by atoms with Crippen molar-refractivity contribution in [3.05, 3.63) is 94.8 Å². The molecule has 0 aliphatic carbocycles. The van der Waals surface area contributed by atoms with Gasteiger partial charge in [-0.25, -0.2) is 0 Å². The molecule has 2 aromatic carbocycles. The van der Waals surface area contributed by atoms with Gasteiger partial charge in [0, 0.05) is 36.1 Å². The fourth-order valence-electron chi connectivity index (χ4n) is 2.70. The monoisotopic (exact) mass is 393 g/mol. The third kappa shape index (κ3) is 5.66. The fraction of sp³-hybridized carbons (Fsp3) is 0.136. The average molecular weight is 394 g/mol. The molecule has 0 aliphatic heterocycles. The van der Waals surface area contributed by atoms with E-state index in [-0.39, 0.29) is 11.8 Å². The SMILES string of the molecule is O=C(CCc1ccccc1Cl)NCc1cccc(NC(=O)c2cccnc2)c1. The third-order valence-corrected chi connectivity index (χ3v) is 4.55. The first-order valence-corrected chi connectivity index (χ1v) is 9.30. The molecule has 0 atom stereocenters. The molecule has 0 aliphatic rings. The van der Waals surface area contributed by atoms with Crippen molar-refractivity contribution in [1.82, 2.24) is 10.3 Å². The molecule has 0 radical (unpaired) electrons. The van der Waals surface area contributed by atoms with Crippen molar-refractivity contribution < 1.29 is 9.59 Å². The number of carbonyl (C=O) groups is 2. The average Bonchev–Trinajstić information content (AvgIpc) is 2.72. The van der Waals surface area contributed by atoms with Crippen molar-refractivity contribution in [3.8, 4) is 0 Å². The van der Waals surface area contributed by atoms with Gasteiger partial charge in [0.2, 0.25) is 5.91 Å². The van der Waals surface area contributed by atoms with Gasteiger partial charge in [-0.2, -0.15) is 0 Å². The lowest BCUT2D eigenvalue weighted by Gasteiger charge is -2.09. The first-order valence-electron chi connectivity index (χ1n) is 8.92. The zero-order valence-electron chi connectivity index (χ0n) is 15.2. The third-order valence-electron chi connectivity index (χ3n) is 4.18. The van der Waals surface area contributed by atoms with Crippen LogP contribution >= 0.6 is 11.6 Å². The lowest BCUT2D eigenvalue weighted by molar-refractivity contribution is -0.121. The molecule has 142 valence electrons. The van der Waals surface area contributed by atoms with E-state index < -0.39 is 0 Å². The topological polar surface area (TPSA) is 71.1 Å². The highest BCUT2D eigenvalue weighted by Gasteiger charge is 2.07. The first-order chi connectivity index (χ1) is 13.6. The van der Waals surface area contributed by atoms with Crippen molar-refractivity contribution in [2.75, 3.05) is 5.32 Å². The van der Waals surface area contributed by atoms with Crippen molar-refractivity contribution in [2.45, 2.75) is 19.4 Å². The van der Waals surface area contributed by atoms with Crippen molar-refractivity contribution >= 4 is 29.1 Å². The quantitative estimate of drug-likeness (QED) is 0.630. The van der Waals surface area contributed by atoms with Crippen LogP contribution in [0.4, 0.5) is 5.69 Å². The summed E-state index contributed by atoms with van der Waals surface area (Å²) in [5, 5.41) is 6.40. The van der Waals surface area contributed by atoms with E-state index in [0.717, 1.165) is 11.1 Å². The minimum Gasteiger partial charge on any atom is -0.352 e. The van der Waals surface area contributed by atoms with Crippen LogP contribution in [0.1, 0.15) is 27.9 Å². The Morgan fingerprint density at radius 3 is 2.64 bits per heavy atom. The van der Waals surface area contributed by atoms with Gasteiger partial charge in [-0.05, 0) is 47.9 Å². The highest BCUT2D eigenvalue weighted by Crippen LogP contribution is 2.16. The van der Waals surface area contributed by atoms with E-state index in [1.165, 1.54) is 6.20 Å². The number of hydrogen-bond acceptors (Lipinski definition) is 3. The highest BCUT2D eigenvalue weighted by atomic mass is 35.5. The molecule has 5 nitrogen and oxygen atoms in total. The van der Waals surface area contributed by atoms with Crippen LogP contribution in [-0.4, -0.2) is 16.8 Å². The molecule has 28 heavy (non-hydrogen) atoms. The van der Waals surface area contributed by atoms with Crippen LogP contribution in [0.25, 0.3) is 0 Å². The molecule has 0 fully saturated rings. The molecule has 0 saturated carbocycles. The maximum absolute atomic E-state index is 12.2. The van der Waals surface area contributed by atoms with Crippen molar-refractivity contribution in [3.63, 3.8) is 0 Å². The second kappa shape index (κ2) is 9.67. The number of rotatable bonds is 7. The Kier molecular flexibility index (Phi) is 6.76. The van der Waals surface area contributed by atoms with E-state index >= 15 is 0 Å². The van der Waals surface area contributed by atoms with Gasteiger partial charge in [-0.1, -0.05) is 41.9 Å². The number of amides is 2. The molecule has 2 amide bonds. The van der Waals surface area contributed by atoms with Gasteiger partial charge in [0.1, 0.15) is 0 Å². The lowest BCUT2D eigenvalue weighted by atomic mass is 10.1. The molecule has 1 heterocycles. The summed E-state index contributed by atoms with van der Waals surface area (Å²) in [4.78, 5) is 28.3. The summed E-state index contributed by atoms with van der Waals surface area (Å²) in [5.41, 5.74) is 3.01. The number of aryl methyl sites for hydroxylation is 1. The molecule has 2 N–H and O–H groups in total. The number of pyridine rings is 1. The fourth-order valence-corrected chi connectivity index (χ4v) is 2.93. The highest BCUT2D eigenvalue weighted by molar-refractivity contribution is 6.31. The molecular weight excluding hydrogens is 374 g/mol. The maximum atomic E-state index is 12.2. The lowest BCUT2D eigenvalue weighted by Crippen LogP contribution is -2.23. The van der Waals surface area contributed by atoms with E-state index in [2.05, 4.69) is 15.6 Å². The smallest absolute Gasteiger partial charge is 0.257 e. The predicted molar refractivity (Wildman–Crippen MR) is 110 cm³/mol. The van der Waals surface area contributed by atoms with Crippen LogP contribution in [-0.2, 0) is 17.8 Å². The van der Waals surface area contributed by atoms with Gasteiger partial charge < -0.3 is 10.6 Å². The zero-order valence-corrected chi connectivity index (χ0v) is 15.9. The maximum Gasteiger partial charge on any atom is 0.257 e. The second-order valence-electron chi connectivity index (χ2n) is 6.26. The van der Waals surface area contributed by atoms with Gasteiger partial charge in [0.15, 0.2) is 0 Å². The largest absolute Gasteiger partial charge is 0.352 e. The Balaban J connectivity index is 1.51. The first kappa shape index (κ1) is 19.6. The Labute approximate surface area is 168 Å². The summed E-state index contributed by atoms with van der Waals surface area (Å²) in [7, 11) is 0. The van der Waals surface area contributed by atoms with E-state index in [4.69, 9.17) is 11.6 Å². The summed E-state index contributed by atoms with van der Waals surface area (Å²) >= 11 is 6.11. The van der Waals surface area contributed by atoms with Crippen LogP contribution in [0.2, 0.25) is 5.02 Å². The molecule has 3 aromatic rings. The Bertz CT molecular complexity index is 961. The Morgan fingerprint density at radius 2 is 1.86 bits per heavy atom.